The number of fused-ring (bicyclic) bond motifs is 16. The van der Waals surface area contributed by atoms with E-state index in [0.29, 0.717) is 23.7 Å². The van der Waals surface area contributed by atoms with Gasteiger partial charge in [0.2, 0.25) is 0 Å². The number of benzene rings is 4. The van der Waals surface area contributed by atoms with E-state index in [-0.39, 0.29) is 97.4 Å². The van der Waals surface area contributed by atoms with E-state index in [2.05, 4.69) is 161 Å². The van der Waals surface area contributed by atoms with Crippen molar-refractivity contribution in [3.63, 3.8) is 0 Å². The van der Waals surface area contributed by atoms with Crippen LogP contribution in [0.5, 0.6) is 23.0 Å². The first kappa shape index (κ1) is 45.2. The lowest BCUT2D eigenvalue weighted by Crippen LogP contribution is -2.73. The first-order valence-electron chi connectivity index (χ1n) is 27.2. The Hall–Kier alpha value is -3.42. The van der Waals surface area contributed by atoms with Crippen molar-refractivity contribution in [3.8, 4) is 23.0 Å². The van der Waals surface area contributed by atoms with Crippen LogP contribution in [0.3, 0.4) is 0 Å². The summed E-state index contributed by atoms with van der Waals surface area (Å²) >= 11 is -2.57. The average molecular weight is 982 g/mol. The molecular formula is C56H70AlClN8O4. The van der Waals surface area contributed by atoms with Gasteiger partial charge < -0.3 is 26.7 Å². The van der Waals surface area contributed by atoms with Crippen molar-refractivity contribution in [2.45, 2.75) is 151 Å². The van der Waals surface area contributed by atoms with Gasteiger partial charge in [0.25, 0.3) is 0 Å². The van der Waals surface area contributed by atoms with E-state index in [1.54, 1.807) is 0 Å². The third kappa shape index (κ3) is 8.01. The Morgan fingerprint density at radius 3 is 0.986 bits per heavy atom. The van der Waals surface area contributed by atoms with Crippen LogP contribution < -0.4 is 50.8 Å². The van der Waals surface area contributed by atoms with E-state index in [1.165, 1.54) is 0 Å². The predicted octanol–water partition coefficient (Wildman–Crippen LogP) is 7.50. The summed E-state index contributed by atoms with van der Waals surface area (Å²) in [5, 5.41) is 26.7. The van der Waals surface area contributed by atoms with Crippen molar-refractivity contribution in [1.82, 2.24) is 39.7 Å². The molecule has 4 aliphatic carbocycles. The van der Waals surface area contributed by atoms with Crippen LogP contribution in [0.2, 0.25) is 0 Å². The molecule has 14 heteroatoms. The summed E-state index contributed by atoms with van der Waals surface area (Å²) in [4.78, 5) is 0. The van der Waals surface area contributed by atoms with Gasteiger partial charge in [-0.15, -0.1) is 0 Å². The lowest BCUT2D eigenvalue weighted by Gasteiger charge is -2.46. The van der Waals surface area contributed by atoms with Crippen LogP contribution in [0, 0.1) is 47.3 Å². The number of nitrogens with one attached hydrogen (secondary N) is 6. The van der Waals surface area contributed by atoms with Crippen molar-refractivity contribution in [2.75, 3.05) is 0 Å². The molecule has 6 saturated heterocycles. The second-order valence-electron chi connectivity index (χ2n) is 22.5. The summed E-state index contributed by atoms with van der Waals surface area (Å²) in [6.45, 7) is 0. The first-order chi connectivity index (χ1) is 34.6. The van der Waals surface area contributed by atoms with Gasteiger partial charge in [0.1, 0.15) is 47.4 Å². The highest BCUT2D eigenvalue weighted by Gasteiger charge is 2.68. The van der Waals surface area contributed by atoms with Crippen molar-refractivity contribution in [1.29, 1.82) is 0 Å². The fourth-order valence-corrected chi connectivity index (χ4v) is 20.4. The number of nitrogens with zero attached hydrogens (tertiary/aromatic N) is 2. The molecule has 14 rings (SSSR count). The van der Waals surface area contributed by atoms with Crippen LogP contribution in [0.15, 0.2) is 121 Å². The number of ether oxygens (including phenoxy) is 4. The van der Waals surface area contributed by atoms with Crippen molar-refractivity contribution < 1.29 is 18.9 Å². The first-order valence-corrected chi connectivity index (χ1v) is 30.0. The molecule has 4 aromatic rings. The Morgan fingerprint density at radius 1 is 0.343 bits per heavy atom. The molecular weight excluding hydrogens is 911 g/mol. The molecule has 4 aromatic carbocycles. The minimum absolute atomic E-state index is 0.0217. The molecule has 0 radical (unpaired) electrons. The van der Waals surface area contributed by atoms with Crippen LogP contribution >= 0.6 is 10.0 Å². The van der Waals surface area contributed by atoms with Gasteiger partial charge in [0.05, 0.1) is 37.0 Å². The molecule has 10 aliphatic rings. The summed E-state index contributed by atoms with van der Waals surface area (Å²) in [7, 11) is 8.76. The summed E-state index contributed by atoms with van der Waals surface area (Å²) in [5.41, 5.74) is 0. The zero-order chi connectivity index (χ0) is 46.3. The second kappa shape index (κ2) is 19.1. The van der Waals surface area contributed by atoms with Gasteiger partial charge >= 0.3 is 13.7 Å². The monoisotopic (exact) mass is 981 g/mol. The summed E-state index contributed by atoms with van der Waals surface area (Å²) in [6, 6.07) is 42.3. The average Bonchev–Trinajstić information content (AvgIpc) is 4.12. The lowest BCUT2D eigenvalue weighted by molar-refractivity contribution is 0.0244. The molecule has 10 fully saturated rings. The summed E-state index contributed by atoms with van der Waals surface area (Å²) in [6.07, 6.45) is 13.6. The molecule has 20 atom stereocenters. The van der Waals surface area contributed by atoms with Gasteiger partial charge in [-0.2, -0.15) is 0 Å². The fourth-order valence-electron chi connectivity index (χ4n) is 16.4. The maximum absolute atomic E-state index is 8.76. The number of halogens is 1. The van der Waals surface area contributed by atoms with E-state index in [1.807, 2.05) is 0 Å². The maximum atomic E-state index is 8.76. The number of para-hydroxylation sites is 4. The SMILES string of the molecule is [Cl][Al]1[N]2C3NC4NC(NC5C6C(Oc7ccccc7)CCCC6C(NC6NC(NC2C2C(Oc7ccccc7)CCCC23)C2CCCC(Oc3ccccc3)C62)[N]51)C1CCCC(Oc2ccccc2)C41. The molecule has 70 heavy (non-hydrogen) atoms. The molecule has 368 valence electrons. The van der Waals surface area contributed by atoms with Crippen molar-refractivity contribution in [2.24, 2.45) is 47.3 Å². The zero-order valence-electron chi connectivity index (χ0n) is 40.1. The molecule has 0 amide bonds. The van der Waals surface area contributed by atoms with Gasteiger partial charge in [-0.25, -0.2) is 10.0 Å². The fraction of sp³-hybridized carbons (Fsp3) is 0.571. The smallest absolute Gasteiger partial charge is 0.490 e. The minimum atomic E-state index is -2.57. The molecule has 6 N–H and O–H groups in total. The Kier molecular flexibility index (Phi) is 12.4. The van der Waals surface area contributed by atoms with Crippen molar-refractivity contribution >= 4 is 23.7 Å². The normalized spacial score (nSPS) is 42.9. The molecule has 20 unspecified atom stereocenters. The number of rotatable bonds is 8. The second-order valence-corrected chi connectivity index (χ2v) is 25.4. The molecule has 0 aromatic heterocycles. The van der Waals surface area contributed by atoms with Gasteiger partial charge in [0.15, 0.2) is 0 Å². The predicted molar refractivity (Wildman–Crippen MR) is 271 cm³/mol. The van der Waals surface area contributed by atoms with Crippen LogP contribution in [0.25, 0.3) is 0 Å². The highest BCUT2D eigenvalue weighted by atomic mass is 35.6. The summed E-state index contributed by atoms with van der Waals surface area (Å²) < 4.78 is 34.4. The standard InChI is InChI=1S/C56H70N8O4.Al.ClH/c1-5-17-33(18-6-1)65-41-29-13-25-37-45(41)53-57-49(37)62-54-47-39(27-15-31-43(47)67-35-21-9-3-10-22-35)51(59-54)64-56-48-40(28-16-32-44(48)68-36-23-11-4-12-24-36)52(60-56)63-55-46-38(50(58-55)61-53)26-14-30-42(46)66-34-19-7-2-8-20-34;;/h1-12,17-24,37-57,60-64H,13-16,25-32H2;;1H/q-2;+3;/p-1. The van der Waals surface area contributed by atoms with E-state index in [9.17, 15) is 0 Å². The maximum Gasteiger partial charge on any atom is 0.625 e. The largest absolute Gasteiger partial charge is 0.625 e. The van der Waals surface area contributed by atoms with Crippen LogP contribution in [0.4, 0.5) is 0 Å². The van der Waals surface area contributed by atoms with E-state index < -0.39 is 13.7 Å². The zero-order valence-corrected chi connectivity index (χ0v) is 42.0. The van der Waals surface area contributed by atoms with Crippen LogP contribution in [-0.2, 0) is 0 Å². The Balaban J connectivity index is 0.919. The van der Waals surface area contributed by atoms with E-state index in [0.717, 1.165) is 100 Å². The van der Waals surface area contributed by atoms with E-state index >= 15 is 0 Å². The third-order valence-corrected chi connectivity index (χ3v) is 22.6. The number of hydrogen-bond donors (Lipinski definition) is 6. The van der Waals surface area contributed by atoms with Crippen LogP contribution in [0.1, 0.15) is 77.0 Å². The topological polar surface area (TPSA) is 116 Å². The third-order valence-electron chi connectivity index (χ3n) is 19.0. The Bertz CT molecular complexity index is 2240. The molecule has 6 aliphatic heterocycles. The molecule has 4 saturated carbocycles. The van der Waals surface area contributed by atoms with E-state index in [4.69, 9.17) is 29.0 Å². The van der Waals surface area contributed by atoms with Gasteiger partial charge in [-0.1, -0.05) is 72.8 Å². The molecule has 6 heterocycles. The Labute approximate surface area is 422 Å². The Morgan fingerprint density at radius 2 is 0.643 bits per heavy atom. The van der Waals surface area contributed by atoms with Gasteiger partial charge in [-0.3, -0.25) is 31.9 Å². The molecule has 0 spiro atoms. The quantitative estimate of drug-likeness (QED) is 0.0984. The summed E-state index contributed by atoms with van der Waals surface area (Å²) in [5.74, 6) is 6.10. The molecule has 12 nitrogen and oxygen atoms in total. The number of hydrogen-bond acceptors (Lipinski definition) is 12. The highest BCUT2D eigenvalue weighted by Crippen LogP contribution is 2.53. The highest BCUT2D eigenvalue weighted by molar-refractivity contribution is 7.03. The minimum Gasteiger partial charge on any atom is -0.490 e. The molecule has 6 bridgehead atoms. The van der Waals surface area contributed by atoms with Gasteiger partial charge in [-0.05, 0) is 149 Å². The van der Waals surface area contributed by atoms with Crippen molar-refractivity contribution in [3.05, 3.63) is 121 Å². The van der Waals surface area contributed by atoms with Crippen LogP contribution in [-0.4, -0.2) is 95.2 Å². The van der Waals surface area contributed by atoms with Gasteiger partial charge in [0, 0.05) is 36.0 Å². The lowest BCUT2D eigenvalue weighted by atomic mass is 9.74.